The number of hydrogen-bond donors (Lipinski definition) is 2. The monoisotopic (exact) mass is 348 g/mol. The van der Waals surface area contributed by atoms with E-state index in [1.807, 2.05) is 12.1 Å². The number of nitrogens with zero attached hydrogens (tertiary/aromatic N) is 3. The second-order valence-electron chi connectivity index (χ2n) is 6.71. The van der Waals surface area contributed by atoms with Crippen LogP contribution in [0.3, 0.4) is 0 Å². The third-order valence-electron chi connectivity index (χ3n) is 4.15. The Bertz CT molecular complexity index is 531. The summed E-state index contributed by atoms with van der Waals surface area (Å²) in [5, 5.41) is 13.0. The van der Waals surface area contributed by atoms with Crippen molar-refractivity contribution in [3.05, 3.63) is 29.8 Å². The lowest BCUT2D eigenvalue weighted by molar-refractivity contribution is 0.188. The number of hydrogen-bond acceptors (Lipinski definition) is 4. The van der Waals surface area contributed by atoms with Crippen molar-refractivity contribution in [1.82, 2.24) is 15.1 Å². The van der Waals surface area contributed by atoms with Gasteiger partial charge in [-0.1, -0.05) is 12.1 Å². The van der Waals surface area contributed by atoms with Crippen LogP contribution in [0.1, 0.15) is 25.3 Å². The van der Waals surface area contributed by atoms with E-state index in [9.17, 15) is 5.11 Å². The van der Waals surface area contributed by atoms with Gasteiger partial charge in [-0.2, -0.15) is 0 Å². The molecular formula is C19H32N4O2. The van der Waals surface area contributed by atoms with Gasteiger partial charge in [0.1, 0.15) is 5.75 Å². The molecule has 1 atom stereocenters. The van der Waals surface area contributed by atoms with E-state index in [4.69, 9.17) is 9.73 Å². The molecule has 25 heavy (non-hydrogen) atoms. The molecule has 2 N–H and O–H groups in total. The van der Waals surface area contributed by atoms with Gasteiger partial charge in [-0.15, -0.1) is 0 Å². The van der Waals surface area contributed by atoms with Crippen molar-refractivity contribution in [2.45, 2.75) is 32.4 Å². The number of ether oxygens (including phenoxy) is 1. The molecule has 6 heteroatoms. The minimum atomic E-state index is -0.243. The average molecular weight is 348 g/mol. The number of aliphatic hydroxyl groups excluding tert-OH is 1. The molecule has 140 valence electrons. The zero-order chi connectivity index (χ0) is 18.1. The lowest BCUT2D eigenvalue weighted by Gasteiger charge is -2.20. The maximum atomic E-state index is 9.71. The maximum Gasteiger partial charge on any atom is 0.194 e. The Labute approximate surface area is 151 Å². The Hall–Kier alpha value is -1.79. The van der Waals surface area contributed by atoms with Crippen LogP contribution in [0.4, 0.5) is 0 Å². The van der Waals surface area contributed by atoms with Gasteiger partial charge in [0.15, 0.2) is 5.96 Å². The van der Waals surface area contributed by atoms with Crippen molar-refractivity contribution in [3.8, 4) is 5.75 Å². The molecule has 0 bridgehead atoms. The van der Waals surface area contributed by atoms with Crippen LogP contribution in [0, 0.1) is 0 Å². The Balaban J connectivity index is 1.84. The molecule has 0 saturated carbocycles. The van der Waals surface area contributed by atoms with Crippen LogP contribution in [0.25, 0.3) is 0 Å². The van der Waals surface area contributed by atoms with Crippen molar-refractivity contribution in [3.63, 3.8) is 0 Å². The number of benzene rings is 1. The van der Waals surface area contributed by atoms with Crippen LogP contribution in [-0.4, -0.2) is 73.9 Å². The third kappa shape index (κ3) is 6.92. The molecule has 1 saturated heterocycles. The highest BCUT2D eigenvalue weighted by atomic mass is 16.5. The Morgan fingerprint density at radius 2 is 2.12 bits per heavy atom. The van der Waals surface area contributed by atoms with Gasteiger partial charge >= 0.3 is 0 Å². The molecule has 1 heterocycles. The number of guanidine groups is 1. The molecule has 6 nitrogen and oxygen atoms in total. The zero-order valence-corrected chi connectivity index (χ0v) is 15.7. The lowest BCUT2D eigenvalue weighted by atomic mass is 10.2. The molecule has 1 aromatic rings. The summed E-state index contributed by atoms with van der Waals surface area (Å²) in [5.74, 6) is 1.78. The molecule has 1 aromatic carbocycles. The van der Waals surface area contributed by atoms with Gasteiger partial charge in [0.05, 0.1) is 19.3 Å². The molecule has 1 fully saturated rings. The van der Waals surface area contributed by atoms with Crippen molar-refractivity contribution in [1.29, 1.82) is 0 Å². The highest BCUT2D eigenvalue weighted by molar-refractivity contribution is 5.80. The minimum absolute atomic E-state index is 0.243. The molecule has 0 amide bonds. The first kappa shape index (κ1) is 19.5. The highest BCUT2D eigenvalue weighted by Gasteiger charge is 2.22. The number of nitrogens with one attached hydrogen (secondary N) is 1. The minimum Gasteiger partial charge on any atom is -0.494 e. The van der Waals surface area contributed by atoms with Crippen LogP contribution in [0.15, 0.2) is 29.3 Å². The number of β-amino-alcohol motifs (C(OH)–C–C–N with tert-alkyl or cyclic N) is 1. The lowest BCUT2D eigenvalue weighted by Crippen LogP contribution is -2.40. The van der Waals surface area contributed by atoms with Crippen LogP contribution in [-0.2, 0) is 6.54 Å². The molecule has 1 aliphatic heterocycles. The van der Waals surface area contributed by atoms with E-state index in [1.54, 1.807) is 0 Å². The fourth-order valence-electron chi connectivity index (χ4n) is 2.79. The topological polar surface area (TPSA) is 60.3 Å². The zero-order valence-electron chi connectivity index (χ0n) is 15.7. The van der Waals surface area contributed by atoms with Crippen molar-refractivity contribution in [2.75, 3.05) is 46.9 Å². The smallest absolute Gasteiger partial charge is 0.194 e. The first-order valence-corrected chi connectivity index (χ1v) is 9.16. The molecular weight excluding hydrogens is 316 g/mol. The van der Waals surface area contributed by atoms with Gasteiger partial charge in [0.2, 0.25) is 0 Å². The first-order chi connectivity index (χ1) is 12.1. The molecule has 0 aliphatic carbocycles. The van der Waals surface area contributed by atoms with Crippen LogP contribution >= 0.6 is 0 Å². The van der Waals surface area contributed by atoms with Gasteiger partial charge in [-0.3, -0.25) is 0 Å². The fraction of sp³-hybridized carbons (Fsp3) is 0.632. The van der Waals surface area contributed by atoms with Gasteiger partial charge in [0.25, 0.3) is 0 Å². The molecule has 0 spiro atoms. The number of rotatable bonds is 8. The van der Waals surface area contributed by atoms with Crippen LogP contribution < -0.4 is 10.1 Å². The first-order valence-electron chi connectivity index (χ1n) is 9.16. The van der Waals surface area contributed by atoms with Crippen molar-refractivity contribution < 1.29 is 9.84 Å². The molecule has 1 aliphatic rings. The predicted octanol–water partition coefficient (Wildman–Crippen LogP) is 1.55. The Morgan fingerprint density at radius 3 is 2.72 bits per heavy atom. The summed E-state index contributed by atoms with van der Waals surface area (Å²) in [6.45, 7) is 6.78. The number of aliphatic imine (C=N–C) groups is 1. The van der Waals surface area contributed by atoms with E-state index < -0.39 is 0 Å². The summed E-state index contributed by atoms with van der Waals surface area (Å²) >= 11 is 0. The summed E-state index contributed by atoms with van der Waals surface area (Å²) in [6.07, 6.45) is 1.59. The highest BCUT2D eigenvalue weighted by Crippen LogP contribution is 2.14. The summed E-state index contributed by atoms with van der Waals surface area (Å²) in [6, 6.07) is 8.14. The van der Waals surface area contributed by atoms with E-state index in [0.29, 0.717) is 13.1 Å². The summed E-state index contributed by atoms with van der Waals surface area (Å²) in [7, 11) is 4.14. The van der Waals surface area contributed by atoms with Crippen LogP contribution in [0.5, 0.6) is 5.75 Å². The third-order valence-corrected chi connectivity index (χ3v) is 4.15. The number of aliphatic hydroxyl groups is 1. The SMILES string of the molecule is CCNC(=NCc1ccc(OCCCN(C)C)cc1)N1CC[C@@H](O)C1. The molecule has 2 rings (SSSR count). The molecule has 0 aromatic heterocycles. The summed E-state index contributed by atoms with van der Waals surface area (Å²) < 4.78 is 5.76. The Kier molecular flexibility index (Phi) is 8.01. The standard InChI is InChI=1S/C19H32N4O2/c1-4-20-19(23-12-10-17(24)15-23)21-14-16-6-8-18(9-7-16)25-13-5-11-22(2)3/h6-9,17,24H,4-5,10-15H2,1-3H3,(H,20,21)/t17-/m1/s1. The van der Waals surface area contributed by atoms with Crippen LogP contribution in [0.2, 0.25) is 0 Å². The van der Waals surface area contributed by atoms with Crippen molar-refractivity contribution in [2.24, 2.45) is 4.99 Å². The average Bonchev–Trinajstić information content (AvgIpc) is 3.02. The molecule has 0 unspecified atom stereocenters. The van der Waals surface area contributed by atoms with E-state index in [1.165, 1.54) is 0 Å². The number of likely N-dealkylation sites (tertiary alicyclic amines) is 1. The summed E-state index contributed by atoms with van der Waals surface area (Å²) in [4.78, 5) is 8.98. The van der Waals surface area contributed by atoms with Crippen molar-refractivity contribution >= 4 is 5.96 Å². The second-order valence-corrected chi connectivity index (χ2v) is 6.71. The largest absolute Gasteiger partial charge is 0.494 e. The Morgan fingerprint density at radius 1 is 1.36 bits per heavy atom. The fourth-order valence-corrected chi connectivity index (χ4v) is 2.79. The van der Waals surface area contributed by atoms with Gasteiger partial charge in [-0.05, 0) is 51.6 Å². The molecule has 0 radical (unpaired) electrons. The van der Waals surface area contributed by atoms with E-state index in [0.717, 1.165) is 56.4 Å². The quantitative estimate of drug-likeness (QED) is 0.424. The van der Waals surface area contributed by atoms with Gasteiger partial charge in [0, 0.05) is 26.2 Å². The second kappa shape index (κ2) is 10.3. The normalized spacial score (nSPS) is 18.0. The van der Waals surface area contributed by atoms with E-state index in [2.05, 4.69) is 48.3 Å². The van der Waals surface area contributed by atoms with E-state index in [-0.39, 0.29) is 6.10 Å². The summed E-state index contributed by atoms with van der Waals surface area (Å²) in [5.41, 5.74) is 1.15. The predicted molar refractivity (Wildman–Crippen MR) is 102 cm³/mol. The van der Waals surface area contributed by atoms with Gasteiger partial charge < -0.3 is 25.0 Å². The maximum absolute atomic E-state index is 9.71. The van der Waals surface area contributed by atoms with Gasteiger partial charge in [-0.25, -0.2) is 4.99 Å². The van der Waals surface area contributed by atoms with E-state index >= 15 is 0 Å².